The van der Waals surface area contributed by atoms with Crippen molar-refractivity contribution in [1.29, 1.82) is 0 Å². The molecule has 70 heavy (non-hydrogen) atoms. The third kappa shape index (κ3) is 17.2. The van der Waals surface area contributed by atoms with Crippen LogP contribution in [0.25, 0.3) is 32.4 Å². The Kier molecular flexibility index (Phi) is 23.7. The first kappa shape index (κ1) is 56.1. The summed E-state index contributed by atoms with van der Waals surface area (Å²) < 4.78 is 56.5. The van der Waals surface area contributed by atoms with E-state index in [0.29, 0.717) is 33.5 Å². The first-order valence-electron chi connectivity index (χ1n) is 23.5. The number of hydrogen-bond donors (Lipinski definition) is 3. The van der Waals surface area contributed by atoms with E-state index in [0.717, 1.165) is 53.2 Å². The normalized spacial score (nSPS) is 13.9. The van der Waals surface area contributed by atoms with Crippen molar-refractivity contribution >= 4 is 96.9 Å². The molecule has 0 radical (unpaired) electrons. The van der Waals surface area contributed by atoms with Crippen molar-refractivity contribution < 1.29 is 31.6 Å². The van der Waals surface area contributed by atoms with Crippen LogP contribution >= 0.6 is 39.1 Å². The second-order valence-electron chi connectivity index (χ2n) is 16.5. The molecule has 0 spiro atoms. The maximum atomic E-state index is 13.6. The number of nitrogens with one attached hydrogen (secondary N) is 2. The van der Waals surface area contributed by atoms with Crippen LogP contribution in [0.1, 0.15) is 64.2 Å². The van der Waals surface area contributed by atoms with Crippen LogP contribution in [0.3, 0.4) is 0 Å². The number of phenolic OH excluding ortho intramolecular Hbond substituents is 1. The zero-order chi connectivity index (χ0) is 50.2. The third-order valence-electron chi connectivity index (χ3n) is 11.4. The highest BCUT2D eigenvalue weighted by molar-refractivity contribution is 9.09. The summed E-state index contributed by atoms with van der Waals surface area (Å²) >= 11 is 14.1. The summed E-state index contributed by atoms with van der Waals surface area (Å²) in [4.78, 5) is 12.6. The van der Waals surface area contributed by atoms with Gasteiger partial charge in [0.15, 0.2) is 14.9 Å². The zero-order valence-electron chi connectivity index (χ0n) is 39.2. The number of benzene rings is 6. The van der Waals surface area contributed by atoms with Crippen LogP contribution in [0.4, 0.5) is 5.69 Å². The Balaban J connectivity index is 0.000000201. The lowest BCUT2D eigenvalue weighted by Crippen LogP contribution is -2.30. The second-order valence-corrected chi connectivity index (χ2v) is 22.1. The van der Waals surface area contributed by atoms with Gasteiger partial charge in [-0.3, -0.25) is 15.2 Å². The molecule has 0 unspecified atom stereocenters. The predicted molar refractivity (Wildman–Crippen MR) is 288 cm³/mol. The molecule has 0 atom stereocenters. The van der Waals surface area contributed by atoms with Crippen molar-refractivity contribution in [3.63, 3.8) is 0 Å². The van der Waals surface area contributed by atoms with Crippen LogP contribution in [0.5, 0.6) is 11.5 Å². The van der Waals surface area contributed by atoms with Crippen molar-refractivity contribution in [2.45, 2.75) is 79.0 Å². The van der Waals surface area contributed by atoms with Gasteiger partial charge in [0.05, 0.1) is 26.8 Å². The van der Waals surface area contributed by atoms with Crippen molar-refractivity contribution in [2.75, 3.05) is 55.8 Å². The van der Waals surface area contributed by atoms with E-state index in [9.17, 15) is 26.9 Å². The van der Waals surface area contributed by atoms with Gasteiger partial charge in [-0.2, -0.15) is 5.10 Å². The number of hydrogen-bond acceptors (Lipinski definition) is 11. The van der Waals surface area contributed by atoms with Gasteiger partial charge in [-0.05, 0) is 137 Å². The number of aromatic hydroxyl groups is 1. The second kappa shape index (κ2) is 29.5. The third-order valence-corrected chi connectivity index (χ3v) is 16.2. The predicted octanol–water partition coefficient (Wildman–Crippen LogP) is 12.5. The number of unbranched alkanes of at least 4 members (excludes halogenated alkanes) is 2. The van der Waals surface area contributed by atoms with E-state index in [1.807, 2.05) is 60.7 Å². The molecule has 9 rings (SSSR count). The monoisotopic (exact) mass is 1100 g/mol. The van der Waals surface area contributed by atoms with E-state index in [1.165, 1.54) is 95.4 Å². The Morgan fingerprint density at radius 1 is 0.700 bits per heavy atom. The van der Waals surface area contributed by atoms with Gasteiger partial charge in [0, 0.05) is 39.5 Å². The quantitative estimate of drug-likeness (QED) is 0.0407. The number of likely N-dealkylation sites (tertiary alicyclic amines) is 1. The van der Waals surface area contributed by atoms with E-state index < -0.39 is 24.6 Å². The van der Waals surface area contributed by atoms with Crippen LogP contribution in [0.15, 0.2) is 142 Å². The molecule has 376 valence electrons. The maximum Gasteiger partial charge on any atom is 0.269 e. The van der Waals surface area contributed by atoms with E-state index in [4.69, 9.17) is 33.0 Å². The van der Waals surface area contributed by atoms with Gasteiger partial charge >= 0.3 is 0 Å². The number of nitrogens with zero attached hydrogens (tertiary/aromatic N) is 3. The molecule has 7 aromatic rings. The molecule has 0 bridgehead atoms. The smallest absolute Gasteiger partial charge is 0.269 e. The minimum absolute atomic E-state index is 0.0159. The molecule has 2 saturated heterocycles. The molecule has 2 aliphatic rings. The van der Waals surface area contributed by atoms with E-state index in [1.54, 1.807) is 42.5 Å². The minimum atomic E-state index is -3.79. The highest BCUT2D eigenvalue weighted by Crippen LogP contribution is 2.33. The number of phenols is 1. The molecular formula is C52H62BrCl2N5O8S2. The molecule has 0 amide bonds. The Morgan fingerprint density at radius 2 is 1.30 bits per heavy atom. The summed E-state index contributed by atoms with van der Waals surface area (Å²) in [5, 5.41) is 33.6. The van der Waals surface area contributed by atoms with Gasteiger partial charge in [0.2, 0.25) is 9.84 Å². The molecule has 6 aromatic carbocycles. The van der Waals surface area contributed by atoms with Crippen molar-refractivity contribution in [2.24, 2.45) is 0 Å². The van der Waals surface area contributed by atoms with E-state index in [2.05, 4.69) is 36.3 Å². The number of sulfone groups is 2. The summed E-state index contributed by atoms with van der Waals surface area (Å²) in [5.41, 5.74) is 0.587. The van der Waals surface area contributed by atoms with Crippen LogP contribution in [-0.4, -0.2) is 97.7 Å². The van der Waals surface area contributed by atoms with Crippen molar-refractivity contribution in [1.82, 2.24) is 20.4 Å². The number of halogens is 3. The largest absolute Gasteiger partial charge is 0.508 e. The number of aromatic nitrogens is 2. The van der Waals surface area contributed by atoms with Crippen LogP contribution < -0.4 is 10.1 Å². The minimum Gasteiger partial charge on any atom is -0.508 e. The summed E-state index contributed by atoms with van der Waals surface area (Å²) in [6.07, 6.45) is 12.6. The van der Waals surface area contributed by atoms with E-state index >= 15 is 0 Å². The topological polar surface area (TPSA) is 185 Å². The summed E-state index contributed by atoms with van der Waals surface area (Å²) in [6, 6.07) is 35.8. The number of piperidine rings is 2. The number of fused-ring (bicyclic) bond motifs is 3. The number of aromatic amines is 1. The number of rotatable bonds is 14. The SMILES string of the molecule is C1CCNCC1.ClCCCCBr.O=S(=O)(CCl)c1cccc2ccccc12.O=S(=O)(c1cccc2ccccc12)c1[nH]nc2ccc(OCCCCN3CCCCC3)cc12.O=[N+]([O-])c1ccc(O)cc1. The number of H-pyrrole nitrogens is 1. The Bertz CT molecular complexity index is 2890. The summed E-state index contributed by atoms with van der Waals surface area (Å²) in [5.74, 6) is 1.49. The number of ether oxygens (including phenoxy) is 1. The highest BCUT2D eigenvalue weighted by Gasteiger charge is 2.25. The maximum absolute atomic E-state index is 13.6. The molecule has 3 N–H and O–H groups in total. The van der Waals surface area contributed by atoms with E-state index in [-0.39, 0.29) is 26.6 Å². The first-order chi connectivity index (χ1) is 33.9. The molecule has 18 heteroatoms. The summed E-state index contributed by atoms with van der Waals surface area (Å²) in [6.45, 7) is 6.66. The van der Waals surface area contributed by atoms with Crippen molar-refractivity contribution in [3.8, 4) is 11.5 Å². The number of nitro benzene ring substituents is 1. The fraction of sp³-hybridized carbons (Fsp3) is 0.365. The van der Waals surface area contributed by atoms with Gasteiger partial charge in [-0.15, -0.1) is 23.2 Å². The molecule has 0 saturated carbocycles. The van der Waals surface area contributed by atoms with Gasteiger partial charge in [-0.1, -0.05) is 102 Å². The fourth-order valence-electron chi connectivity index (χ4n) is 7.70. The number of alkyl halides is 3. The number of non-ortho nitro benzene ring substituents is 1. The average Bonchev–Trinajstić information content (AvgIpc) is 3.84. The zero-order valence-corrected chi connectivity index (χ0v) is 43.9. The molecule has 13 nitrogen and oxygen atoms in total. The fourth-order valence-corrected chi connectivity index (χ4v) is 11.1. The van der Waals surface area contributed by atoms with Crippen LogP contribution in [0.2, 0.25) is 0 Å². The lowest BCUT2D eigenvalue weighted by atomic mass is 10.1. The molecular weight excluding hydrogens is 1040 g/mol. The Hall–Kier alpha value is -4.81. The first-order valence-corrected chi connectivity index (χ1v) is 28.8. The molecule has 0 aliphatic carbocycles. The summed E-state index contributed by atoms with van der Waals surface area (Å²) in [7, 11) is -7.15. The van der Waals surface area contributed by atoms with Gasteiger partial charge in [0.1, 0.15) is 16.7 Å². The molecule has 2 fully saturated rings. The van der Waals surface area contributed by atoms with Crippen molar-refractivity contribution in [3.05, 3.63) is 138 Å². The Labute approximate surface area is 430 Å². The molecule has 3 heterocycles. The van der Waals surface area contributed by atoms with Gasteiger partial charge in [0.25, 0.3) is 5.69 Å². The lowest BCUT2D eigenvalue weighted by molar-refractivity contribution is -0.384. The Morgan fingerprint density at radius 3 is 1.86 bits per heavy atom. The number of nitro groups is 1. The molecule has 2 aliphatic heterocycles. The molecule has 1 aromatic heterocycles. The standard InChI is InChI=1S/C26H29N3O3S.C11H9ClO2S.C6H5NO3.C5H11N.C4H8BrCl/c30-33(31,25-12-8-10-20-9-2-3-11-22(20)25)26-23-19-21(13-14-24(23)27-28-26)32-18-7-6-17-29-15-4-1-5-16-29;12-8-15(13,14)11-7-3-5-9-4-1-2-6-10(9)11;8-6-3-1-5(2-4-6)7(9)10;1-2-4-6-5-3-1;5-3-1-2-4-6/h2-3,8-14,19H,1,4-7,15-18H2,(H,27,28);1-7H,8H2;1-4,8H;6H,1-5H2;1-4H2. The highest BCUT2D eigenvalue weighted by atomic mass is 79.9. The average molecular weight is 1100 g/mol. The van der Waals surface area contributed by atoms with Gasteiger partial charge < -0.3 is 20.1 Å². The lowest BCUT2D eigenvalue weighted by Gasteiger charge is -2.26. The van der Waals surface area contributed by atoms with Crippen LogP contribution in [0, 0.1) is 10.1 Å². The van der Waals surface area contributed by atoms with Crippen LogP contribution in [-0.2, 0) is 19.7 Å². The van der Waals surface area contributed by atoms with Gasteiger partial charge in [-0.25, -0.2) is 16.8 Å².